The third kappa shape index (κ3) is 3.33. The molecule has 1 aliphatic heterocycles. The topological polar surface area (TPSA) is 59.5 Å². The maximum absolute atomic E-state index is 5.25. The Morgan fingerprint density at radius 3 is 2.53 bits per heavy atom. The summed E-state index contributed by atoms with van der Waals surface area (Å²) in [5, 5.41) is 3.44. The Balaban J connectivity index is 1.94. The summed E-state index contributed by atoms with van der Waals surface area (Å²) in [6.45, 7) is 2.79. The smallest absolute Gasteiger partial charge is 0.224 e. The van der Waals surface area contributed by atoms with Gasteiger partial charge >= 0.3 is 0 Å². The molecular formula is C13H22N4O2. The van der Waals surface area contributed by atoms with Gasteiger partial charge in [0.15, 0.2) is 0 Å². The van der Waals surface area contributed by atoms with Gasteiger partial charge in [0.05, 0.1) is 19.8 Å². The minimum Gasteiger partial charge on any atom is -0.481 e. The van der Waals surface area contributed by atoms with Crippen LogP contribution in [0.2, 0.25) is 0 Å². The van der Waals surface area contributed by atoms with Crippen LogP contribution < -0.4 is 14.8 Å². The molecular weight excluding hydrogens is 244 g/mol. The SMILES string of the molecule is COc1ncnc(OC)c1CNCC1CCCN1C. The van der Waals surface area contributed by atoms with E-state index >= 15 is 0 Å². The molecule has 6 heteroatoms. The monoisotopic (exact) mass is 266 g/mol. The van der Waals surface area contributed by atoms with Gasteiger partial charge in [-0.2, -0.15) is 0 Å². The van der Waals surface area contributed by atoms with E-state index in [0.717, 1.165) is 12.1 Å². The summed E-state index contributed by atoms with van der Waals surface area (Å²) in [7, 11) is 5.39. The quantitative estimate of drug-likeness (QED) is 0.817. The van der Waals surface area contributed by atoms with Gasteiger partial charge < -0.3 is 19.7 Å². The number of ether oxygens (including phenoxy) is 2. The van der Waals surface area contributed by atoms with Crippen molar-refractivity contribution < 1.29 is 9.47 Å². The number of rotatable bonds is 6. The molecule has 0 aromatic carbocycles. The van der Waals surface area contributed by atoms with E-state index in [1.54, 1.807) is 14.2 Å². The molecule has 1 aliphatic rings. The summed E-state index contributed by atoms with van der Waals surface area (Å²) in [4.78, 5) is 10.6. The normalized spacial score (nSPS) is 19.6. The van der Waals surface area contributed by atoms with Crippen molar-refractivity contribution in [2.24, 2.45) is 0 Å². The maximum Gasteiger partial charge on any atom is 0.224 e. The third-order valence-electron chi connectivity index (χ3n) is 3.61. The van der Waals surface area contributed by atoms with E-state index in [4.69, 9.17) is 9.47 Å². The Labute approximate surface area is 114 Å². The molecule has 0 bridgehead atoms. The van der Waals surface area contributed by atoms with Gasteiger partial charge in [-0.3, -0.25) is 0 Å². The van der Waals surface area contributed by atoms with E-state index in [1.165, 1.54) is 25.7 Å². The van der Waals surface area contributed by atoms with Crippen molar-refractivity contribution >= 4 is 0 Å². The van der Waals surface area contributed by atoms with Crippen molar-refractivity contribution in [2.45, 2.75) is 25.4 Å². The van der Waals surface area contributed by atoms with Crippen LogP contribution in [0.15, 0.2) is 6.33 Å². The average Bonchev–Trinajstić information content (AvgIpc) is 2.84. The average molecular weight is 266 g/mol. The van der Waals surface area contributed by atoms with Crippen molar-refractivity contribution in [3.05, 3.63) is 11.9 Å². The van der Waals surface area contributed by atoms with E-state index in [-0.39, 0.29) is 0 Å². The zero-order chi connectivity index (χ0) is 13.7. The molecule has 1 N–H and O–H groups in total. The second-order valence-electron chi connectivity index (χ2n) is 4.78. The Morgan fingerprint density at radius 2 is 2.00 bits per heavy atom. The van der Waals surface area contributed by atoms with E-state index in [2.05, 4.69) is 27.2 Å². The highest BCUT2D eigenvalue weighted by Gasteiger charge is 2.20. The van der Waals surface area contributed by atoms with Crippen LogP contribution in [0, 0.1) is 0 Å². The Morgan fingerprint density at radius 1 is 1.32 bits per heavy atom. The largest absolute Gasteiger partial charge is 0.481 e. The van der Waals surface area contributed by atoms with Crippen molar-refractivity contribution in [1.82, 2.24) is 20.2 Å². The lowest BCUT2D eigenvalue weighted by molar-refractivity contribution is 0.298. The second kappa shape index (κ2) is 6.68. The molecule has 1 atom stereocenters. The minimum atomic E-state index is 0.569. The molecule has 106 valence electrons. The number of hydrogen-bond donors (Lipinski definition) is 1. The zero-order valence-corrected chi connectivity index (χ0v) is 11.8. The first-order chi connectivity index (χ1) is 9.26. The number of nitrogens with one attached hydrogen (secondary N) is 1. The number of nitrogens with zero attached hydrogens (tertiary/aromatic N) is 3. The van der Waals surface area contributed by atoms with Gasteiger partial charge in [-0.25, -0.2) is 9.97 Å². The fourth-order valence-electron chi connectivity index (χ4n) is 2.49. The molecule has 2 rings (SSSR count). The number of methoxy groups -OCH3 is 2. The van der Waals surface area contributed by atoms with Crippen LogP contribution in [0.5, 0.6) is 11.8 Å². The lowest BCUT2D eigenvalue weighted by Crippen LogP contribution is -2.35. The van der Waals surface area contributed by atoms with Gasteiger partial charge in [0.1, 0.15) is 6.33 Å². The predicted octanol–water partition coefficient (Wildman–Crippen LogP) is 0.678. The molecule has 1 saturated heterocycles. The van der Waals surface area contributed by atoms with Crippen LogP contribution in [-0.2, 0) is 6.54 Å². The summed E-state index contributed by atoms with van der Waals surface area (Å²) in [5.41, 5.74) is 0.869. The molecule has 6 nitrogen and oxygen atoms in total. The Bertz CT molecular complexity index is 391. The number of aromatic nitrogens is 2. The Hall–Kier alpha value is -1.40. The number of likely N-dealkylation sites (tertiary alicyclic amines) is 1. The molecule has 19 heavy (non-hydrogen) atoms. The molecule has 2 heterocycles. The van der Waals surface area contributed by atoms with E-state index < -0.39 is 0 Å². The Kier molecular flexibility index (Phi) is 4.93. The van der Waals surface area contributed by atoms with Gasteiger partial charge in [0.2, 0.25) is 11.8 Å². The molecule has 0 radical (unpaired) electrons. The number of hydrogen-bond acceptors (Lipinski definition) is 6. The molecule has 1 aromatic heterocycles. The van der Waals surface area contributed by atoms with Crippen LogP contribution in [0.25, 0.3) is 0 Å². The van der Waals surface area contributed by atoms with E-state index in [1.807, 2.05) is 0 Å². The van der Waals surface area contributed by atoms with Crippen LogP contribution in [0.4, 0.5) is 0 Å². The summed E-state index contributed by atoms with van der Waals surface area (Å²) in [5.74, 6) is 1.14. The van der Waals surface area contributed by atoms with Gasteiger partial charge in [0.25, 0.3) is 0 Å². The molecule has 0 spiro atoms. The lowest BCUT2D eigenvalue weighted by Gasteiger charge is -2.20. The first kappa shape index (κ1) is 14.0. The summed E-state index contributed by atoms with van der Waals surface area (Å²) in [6, 6.07) is 0.613. The lowest BCUT2D eigenvalue weighted by atomic mass is 10.2. The fourth-order valence-corrected chi connectivity index (χ4v) is 2.49. The van der Waals surface area contributed by atoms with Crippen LogP contribution in [0.1, 0.15) is 18.4 Å². The first-order valence-corrected chi connectivity index (χ1v) is 6.59. The third-order valence-corrected chi connectivity index (χ3v) is 3.61. The summed E-state index contributed by atoms with van der Waals surface area (Å²) < 4.78 is 10.5. The molecule has 1 unspecified atom stereocenters. The zero-order valence-electron chi connectivity index (χ0n) is 11.8. The number of likely N-dealkylation sites (N-methyl/N-ethyl adjacent to an activating group) is 1. The summed E-state index contributed by atoms with van der Waals surface area (Å²) in [6.07, 6.45) is 3.99. The standard InChI is InChI=1S/C13H22N4O2/c1-17-6-4-5-10(17)7-14-8-11-12(18-2)15-9-16-13(11)19-3/h9-10,14H,4-8H2,1-3H3. The highest BCUT2D eigenvalue weighted by atomic mass is 16.5. The molecule has 1 fully saturated rings. The fraction of sp³-hybridized carbons (Fsp3) is 0.692. The molecule has 0 amide bonds. The van der Waals surface area contributed by atoms with Gasteiger partial charge in [0, 0.05) is 19.1 Å². The second-order valence-corrected chi connectivity index (χ2v) is 4.78. The first-order valence-electron chi connectivity index (χ1n) is 6.59. The van der Waals surface area contributed by atoms with Gasteiger partial charge in [-0.15, -0.1) is 0 Å². The maximum atomic E-state index is 5.25. The van der Waals surface area contributed by atoms with E-state index in [0.29, 0.717) is 24.3 Å². The molecule has 0 saturated carbocycles. The van der Waals surface area contributed by atoms with Gasteiger partial charge in [-0.05, 0) is 26.4 Å². The van der Waals surface area contributed by atoms with Crippen molar-refractivity contribution in [2.75, 3.05) is 34.4 Å². The van der Waals surface area contributed by atoms with E-state index in [9.17, 15) is 0 Å². The van der Waals surface area contributed by atoms with Crippen molar-refractivity contribution in [3.63, 3.8) is 0 Å². The van der Waals surface area contributed by atoms with Crippen LogP contribution in [0.3, 0.4) is 0 Å². The van der Waals surface area contributed by atoms with Gasteiger partial charge in [-0.1, -0.05) is 0 Å². The highest BCUT2D eigenvalue weighted by Crippen LogP contribution is 2.23. The predicted molar refractivity (Wildman–Crippen MR) is 72.5 cm³/mol. The molecule has 1 aromatic rings. The van der Waals surface area contributed by atoms with Crippen LogP contribution >= 0.6 is 0 Å². The van der Waals surface area contributed by atoms with Crippen molar-refractivity contribution in [3.8, 4) is 11.8 Å². The summed E-state index contributed by atoms with van der Waals surface area (Å²) >= 11 is 0. The minimum absolute atomic E-state index is 0.569. The van der Waals surface area contributed by atoms with Crippen molar-refractivity contribution in [1.29, 1.82) is 0 Å². The molecule has 0 aliphatic carbocycles. The highest BCUT2D eigenvalue weighted by molar-refractivity contribution is 5.34. The van der Waals surface area contributed by atoms with Crippen LogP contribution in [-0.4, -0.2) is 55.3 Å².